The number of benzene rings is 1. The van der Waals surface area contributed by atoms with Gasteiger partial charge in [-0.2, -0.15) is 0 Å². The SMILES string of the molecule is COc1ccc(NC2=CC(=O)/C(=C\c3c[nH]c4ncccc34)O2)cc1OC. The number of hydrogen-bond donors (Lipinski definition) is 2. The third-order valence-electron chi connectivity index (χ3n) is 4.15. The molecule has 0 bridgehead atoms. The lowest BCUT2D eigenvalue weighted by molar-refractivity contribution is -0.112. The number of fused-ring (bicyclic) bond motifs is 1. The zero-order chi connectivity index (χ0) is 18.8. The molecule has 7 heteroatoms. The van der Waals surface area contributed by atoms with Crippen LogP contribution in [0.2, 0.25) is 0 Å². The molecule has 7 nitrogen and oxygen atoms in total. The molecule has 0 saturated carbocycles. The molecule has 2 N–H and O–H groups in total. The summed E-state index contributed by atoms with van der Waals surface area (Å²) in [6.07, 6.45) is 6.61. The van der Waals surface area contributed by atoms with E-state index in [1.54, 1.807) is 44.8 Å². The van der Waals surface area contributed by atoms with Gasteiger partial charge in [0.1, 0.15) is 5.65 Å². The number of allylic oxidation sites excluding steroid dienone is 1. The minimum Gasteiger partial charge on any atom is -0.493 e. The van der Waals surface area contributed by atoms with Gasteiger partial charge in [0.15, 0.2) is 17.3 Å². The molecule has 3 aromatic rings. The summed E-state index contributed by atoms with van der Waals surface area (Å²) >= 11 is 0. The van der Waals surface area contributed by atoms with Crippen molar-refractivity contribution >= 4 is 28.6 Å². The van der Waals surface area contributed by atoms with Crippen LogP contribution in [0.1, 0.15) is 5.56 Å². The van der Waals surface area contributed by atoms with Crippen LogP contribution in [0.5, 0.6) is 11.5 Å². The van der Waals surface area contributed by atoms with Crippen molar-refractivity contribution in [3.05, 3.63) is 66.0 Å². The Morgan fingerprint density at radius 1 is 1.19 bits per heavy atom. The number of aromatic nitrogens is 2. The Kier molecular flexibility index (Phi) is 4.25. The van der Waals surface area contributed by atoms with Crippen molar-refractivity contribution in [3.8, 4) is 11.5 Å². The molecule has 27 heavy (non-hydrogen) atoms. The summed E-state index contributed by atoms with van der Waals surface area (Å²) in [4.78, 5) is 19.6. The van der Waals surface area contributed by atoms with E-state index in [4.69, 9.17) is 14.2 Å². The number of rotatable bonds is 5. The fourth-order valence-electron chi connectivity index (χ4n) is 2.84. The quantitative estimate of drug-likeness (QED) is 0.675. The van der Waals surface area contributed by atoms with Gasteiger partial charge in [-0.05, 0) is 30.3 Å². The maximum atomic E-state index is 12.3. The van der Waals surface area contributed by atoms with E-state index in [1.165, 1.54) is 6.08 Å². The van der Waals surface area contributed by atoms with E-state index < -0.39 is 0 Å². The summed E-state index contributed by atoms with van der Waals surface area (Å²) < 4.78 is 16.2. The maximum absolute atomic E-state index is 12.3. The van der Waals surface area contributed by atoms with Crippen molar-refractivity contribution < 1.29 is 19.0 Å². The second-order valence-corrected chi connectivity index (χ2v) is 5.82. The Morgan fingerprint density at radius 3 is 2.85 bits per heavy atom. The molecule has 1 aliphatic rings. The molecule has 0 unspecified atom stereocenters. The molecule has 0 atom stereocenters. The Bertz CT molecular complexity index is 1080. The van der Waals surface area contributed by atoms with Crippen LogP contribution in [-0.2, 0) is 9.53 Å². The zero-order valence-electron chi connectivity index (χ0n) is 14.8. The molecule has 0 fully saturated rings. The van der Waals surface area contributed by atoms with Crippen LogP contribution in [-0.4, -0.2) is 30.0 Å². The summed E-state index contributed by atoms with van der Waals surface area (Å²) in [7, 11) is 3.14. The van der Waals surface area contributed by atoms with E-state index in [-0.39, 0.29) is 11.5 Å². The molecule has 0 spiro atoms. The molecule has 136 valence electrons. The first-order valence-electron chi connectivity index (χ1n) is 8.24. The summed E-state index contributed by atoms with van der Waals surface area (Å²) in [6, 6.07) is 9.12. The molecular formula is C20H17N3O4. The topological polar surface area (TPSA) is 85.5 Å². The zero-order valence-corrected chi connectivity index (χ0v) is 14.8. The van der Waals surface area contributed by atoms with Crippen LogP contribution in [0.25, 0.3) is 17.1 Å². The predicted octanol–water partition coefficient (Wildman–Crippen LogP) is 3.47. The first kappa shape index (κ1) is 16.7. The summed E-state index contributed by atoms with van der Waals surface area (Å²) in [5.41, 5.74) is 2.30. The van der Waals surface area contributed by atoms with E-state index >= 15 is 0 Å². The number of hydrogen-bond acceptors (Lipinski definition) is 6. The van der Waals surface area contributed by atoms with E-state index in [1.807, 2.05) is 18.2 Å². The van der Waals surface area contributed by atoms with Crippen molar-refractivity contribution in [3.63, 3.8) is 0 Å². The highest BCUT2D eigenvalue weighted by molar-refractivity contribution is 6.09. The van der Waals surface area contributed by atoms with Gasteiger partial charge < -0.3 is 24.5 Å². The van der Waals surface area contributed by atoms with Gasteiger partial charge in [0.05, 0.1) is 20.3 Å². The van der Waals surface area contributed by atoms with Gasteiger partial charge in [-0.3, -0.25) is 4.79 Å². The molecule has 1 aromatic carbocycles. The molecule has 0 amide bonds. The first-order chi connectivity index (χ1) is 13.2. The number of pyridine rings is 1. The van der Waals surface area contributed by atoms with Gasteiger partial charge in [0.2, 0.25) is 11.7 Å². The van der Waals surface area contributed by atoms with Crippen LogP contribution >= 0.6 is 0 Å². The number of carbonyl (C=O) groups is 1. The monoisotopic (exact) mass is 363 g/mol. The first-order valence-corrected chi connectivity index (χ1v) is 8.24. The smallest absolute Gasteiger partial charge is 0.226 e. The van der Waals surface area contributed by atoms with E-state index in [2.05, 4.69) is 15.3 Å². The molecule has 3 heterocycles. The standard InChI is InChI=1S/C20H17N3O4/c1-25-16-6-5-13(9-18(16)26-2)23-19-10-15(24)17(27-19)8-12-11-22-20-14(12)4-3-7-21-20/h3-11,23H,1-2H3,(H,21,22)/b17-8+. The van der Waals surface area contributed by atoms with Gasteiger partial charge in [0.25, 0.3) is 0 Å². The summed E-state index contributed by atoms with van der Waals surface area (Å²) in [5, 5.41) is 3.98. The number of nitrogens with one attached hydrogen (secondary N) is 2. The van der Waals surface area contributed by atoms with Crippen molar-refractivity contribution in [2.75, 3.05) is 19.5 Å². The Hall–Kier alpha value is -3.74. The van der Waals surface area contributed by atoms with Gasteiger partial charge in [-0.25, -0.2) is 4.98 Å². The van der Waals surface area contributed by atoms with Gasteiger partial charge in [-0.1, -0.05) is 0 Å². The Balaban J connectivity index is 1.54. The fourth-order valence-corrected chi connectivity index (χ4v) is 2.84. The third kappa shape index (κ3) is 3.22. The third-order valence-corrected chi connectivity index (χ3v) is 4.15. The average Bonchev–Trinajstić information content (AvgIpc) is 3.25. The number of nitrogens with zero attached hydrogens (tertiary/aromatic N) is 1. The van der Waals surface area contributed by atoms with Crippen LogP contribution in [0.4, 0.5) is 5.69 Å². The van der Waals surface area contributed by atoms with Gasteiger partial charge in [0, 0.05) is 35.1 Å². The molecule has 0 radical (unpaired) electrons. The number of ether oxygens (including phenoxy) is 3. The Morgan fingerprint density at radius 2 is 2.04 bits per heavy atom. The highest BCUT2D eigenvalue weighted by atomic mass is 16.5. The molecule has 1 aliphatic heterocycles. The van der Waals surface area contributed by atoms with Crippen LogP contribution in [0.3, 0.4) is 0 Å². The normalized spacial score (nSPS) is 15.0. The van der Waals surface area contributed by atoms with Crippen molar-refractivity contribution in [2.24, 2.45) is 0 Å². The van der Waals surface area contributed by atoms with E-state index in [0.29, 0.717) is 23.1 Å². The summed E-state index contributed by atoms with van der Waals surface area (Å²) in [6.45, 7) is 0. The number of ketones is 1. The minimum atomic E-state index is -0.212. The number of carbonyl (C=O) groups excluding carboxylic acids is 1. The van der Waals surface area contributed by atoms with E-state index in [9.17, 15) is 4.79 Å². The predicted molar refractivity (Wildman–Crippen MR) is 101 cm³/mol. The minimum absolute atomic E-state index is 0.212. The second-order valence-electron chi connectivity index (χ2n) is 5.82. The fraction of sp³-hybridized carbons (Fsp3) is 0.100. The van der Waals surface area contributed by atoms with Crippen molar-refractivity contribution in [2.45, 2.75) is 0 Å². The Labute approximate surface area is 155 Å². The number of aromatic amines is 1. The number of H-pyrrole nitrogens is 1. The van der Waals surface area contributed by atoms with Crippen molar-refractivity contribution in [1.82, 2.24) is 9.97 Å². The largest absolute Gasteiger partial charge is 0.493 e. The number of methoxy groups -OCH3 is 2. The number of anilines is 1. The molecule has 0 saturated heterocycles. The van der Waals surface area contributed by atoms with Crippen LogP contribution in [0, 0.1) is 0 Å². The molecular weight excluding hydrogens is 346 g/mol. The maximum Gasteiger partial charge on any atom is 0.226 e. The van der Waals surface area contributed by atoms with Crippen LogP contribution < -0.4 is 14.8 Å². The average molecular weight is 363 g/mol. The lowest BCUT2D eigenvalue weighted by Gasteiger charge is -2.11. The summed E-state index contributed by atoms with van der Waals surface area (Å²) in [5.74, 6) is 1.57. The van der Waals surface area contributed by atoms with Gasteiger partial charge >= 0.3 is 0 Å². The highest BCUT2D eigenvalue weighted by Gasteiger charge is 2.22. The lowest BCUT2D eigenvalue weighted by Crippen LogP contribution is -2.00. The molecule has 4 rings (SSSR count). The highest BCUT2D eigenvalue weighted by Crippen LogP contribution is 2.31. The second kappa shape index (κ2) is 6.87. The molecule has 0 aliphatic carbocycles. The molecule has 2 aromatic heterocycles. The lowest BCUT2D eigenvalue weighted by atomic mass is 10.2. The van der Waals surface area contributed by atoms with Crippen LogP contribution in [0.15, 0.2) is 60.4 Å². The van der Waals surface area contributed by atoms with Gasteiger partial charge in [-0.15, -0.1) is 0 Å². The van der Waals surface area contributed by atoms with E-state index in [0.717, 1.165) is 16.6 Å². The van der Waals surface area contributed by atoms with Crippen molar-refractivity contribution in [1.29, 1.82) is 0 Å².